The van der Waals surface area contributed by atoms with Crippen LogP contribution in [0.4, 0.5) is 0 Å². The third-order valence-electron chi connectivity index (χ3n) is 6.11. The second-order valence-corrected chi connectivity index (χ2v) is 9.22. The Hall–Kier alpha value is -3.80. The highest BCUT2D eigenvalue weighted by atomic mass is 35.5. The Morgan fingerprint density at radius 1 is 0.972 bits per heavy atom. The smallest absolute Gasteiger partial charge is 0.200 e. The first-order valence-electron chi connectivity index (χ1n) is 11.2. The van der Waals surface area contributed by atoms with Gasteiger partial charge < -0.3 is 14.3 Å². The Balaban J connectivity index is 1.52. The number of aromatic hydroxyl groups is 1. The number of carbonyl (C=O) groups is 1. The van der Waals surface area contributed by atoms with Gasteiger partial charge in [-0.25, -0.2) is 0 Å². The highest BCUT2D eigenvalue weighted by Crippen LogP contribution is 2.43. The fraction of sp³-hybridized carbons (Fsp3) is 0.103. The van der Waals surface area contributed by atoms with Crippen LogP contribution >= 0.6 is 23.2 Å². The molecule has 0 aromatic heterocycles. The number of hydrogen-bond acceptors (Lipinski definition) is 5. The van der Waals surface area contributed by atoms with E-state index in [2.05, 4.69) is 0 Å². The van der Waals surface area contributed by atoms with Crippen LogP contribution in [-0.2, 0) is 6.42 Å². The standard InChI is InChI=1S/C29H20Cl2O5/c1-35-19-4-2-3-16(11-19)5-10-24(32)17-6-8-18(9-7-17)29-20-12-22(30)25(33)14-27(20)36-28-15-26(34)23(31)13-21(28)29/h2-4,6-9,11-15,33H,5,10H2,1H3. The van der Waals surface area contributed by atoms with Crippen molar-refractivity contribution in [3.63, 3.8) is 0 Å². The third-order valence-corrected chi connectivity index (χ3v) is 6.71. The van der Waals surface area contributed by atoms with Crippen LogP contribution in [-0.4, -0.2) is 18.0 Å². The van der Waals surface area contributed by atoms with E-state index in [-0.39, 0.29) is 27.0 Å². The molecule has 5 nitrogen and oxygen atoms in total. The second kappa shape index (κ2) is 9.69. The lowest BCUT2D eigenvalue weighted by molar-refractivity contribution is 0.0983. The van der Waals surface area contributed by atoms with Crippen molar-refractivity contribution in [1.82, 2.24) is 0 Å². The fourth-order valence-electron chi connectivity index (χ4n) is 4.26. The number of Topliss-reactive ketones (excluding diaryl/α,β-unsaturated/α-hetero) is 1. The van der Waals surface area contributed by atoms with Gasteiger partial charge in [0, 0.05) is 40.6 Å². The number of ketones is 1. The number of phenols is 1. The van der Waals surface area contributed by atoms with E-state index in [4.69, 9.17) is 32.4 Å². The van der Waals surface area contributed by atoms with Gasteiger partial charge in [-0.3, -0.25) is 9.59 Å². The van der Waals surface area contributed by atoms with Crippen LogP contribution in [0.3, 0.4) is 0 Å². The predicted octanol–water partition coefficient (Wildman–Crippen LogP) is 7.40. The van der Waals surface area contributed by atoms with Gasteiger partial charge in [0.1, 0.15) is 22.8 Å². The van der Waals surface area contributed by atoms with E-state index in [9.17, 15) is 14.7 Å². The lowest BCUT2D eigenvalue weighted by atomic mass is 9.92. The number of benzene rings is 4. The number of halogens is 2. The van der Waals surface area contributed by atoms with E-state index >= 15 is 0 Å². The van der Waals surface area contributed by atoms with Gasteiger partial charge >= 0.3 is 0 Å². The number of carbonyl (C=O) groups excluding carboxylic acids is 1. The molecule has 0 atom stereocenters. The third kappa shape index (κ3) is 4.55. The molecule has 1 aliphatic heterocycles. The molecule has 0 saturated heterocycles. The van der Waals surface area contributed by atoms with Crippen molar-refractivity contribution >= 4 is 40.0 Å². The maximum Gasteiger partial charge on any atom is 0.200 e. The average Bonchev–Trinajstić information content (AvgIpc) is 2.88. The van der Waals surface area contributed by atoms with E-state index in [0.29, 0.717) is 40.7 Å². The summed E-state index contributed by atoms with van der Waals surface area (Å²) in [6.07, 6.45) is 0.963. The minimum absolute atomic E-state index is 0.0224. The zero-order chi connectivity index (χ0) is 25.4. The number of fused-ring (bicyclic) bond motifs is 2. The molecule has 0 bridgehead atoms. The molecule has 5 rings (SSSR count). The molecule has 0 fully saturated rings. The van der Waals surface area contributed by atoms with Crippen molar-refractivity contribution in [3.05, 3.63) is 104 Å². The first-order valence-corrected chi connectivity index (χ1v) is 11.9. The minimum atomic E-state index is -0.367. The van der Waals surface area contributed by atoms with Gasteiger partial charge in [0.2, 0.25) is 5.43 Å². The number of aryl methyl sites for hydroxylation is 1. The Labute approximate surface area is 216 Å². The second-order valence-electron chi connectivity index (χ2n) is 8.41. The first kappa shape index (κ1) is 23.9. The first-order chi connectivity index (χ1) is 17.3. The minimum Gasteiger partial charge on any atom is -0.506 e. The van der Waals surface area contributed by atoms with E-state index in [1.807, 2.05) is 36.4 Å². The monoisotopic (exact) mass is 518 g/mol. The summed E-state index contributed by atoms with van der Waals surface area (Å²) in [7, 11) is 1.61. The van der Waals surface area contributed by atoms with Crippen LogP contribution in [0.15, 0.2) is 82.0 Å². The Bertz CT molecular complexity index is 1640. The molecule has 3 aromatic carbocycles. The van der Waals surface area contributed by atoms with Crippen molar-refractivity contribution in [3.8, 4) is 33.9 Å². The highest BCUT2D eigenvalue weighted by Gasteiger charge is 2.20. The molecule has 2 aliphatic rings. The molecule has 1 heterocycles. The van der Waals surface area contributed by atoms with Crippen LogP contribution in [0.25, 0.3) is 33.4 Å². The van der Waals surface area contributed by atoms with Gasteiger partial charge in [-0.2, -0.15) is 0 Å². The van der Waals surface area contributed by atoms with Gasteiger partial charge in [-0.1, -0.05) is 59.6 Å². The van der Waals surface area contributed by atoms with Crippen molar-refractivity contribution in [2.75, 3.05) is 7.11 Å². The molecular weight excluding hydrogens is 499 g/mol. The number of phenolic OH excluding ortho intramolecular Hbond substituents is 1. The molecule has 36 heavy (non-hydrogen) atoms. The average molecular weight is 519 g/mol. The van der Waals surface area contributed by atoms with Gasteiger partial charge in [0.25, 0.3) is 0 Å². The van der Waals surface area contributed by atoms with E-state index in [1.165, 1.54) is 12.1 Å². The Morgan fingerprint density at radius 2 is 1.75 bits per heavy atom. The quantitative estimate of drug-likeness (QED) is 0.187. The highest BCUT2D eigenvalue weighted by molar-refractivity contribution is 6.33. The van der Waals surface area contributed by atoms with E-state index in [1.54, 1.807) is 31.4 Å². The summed E-state index contributed by atoms with van der Waals surface area (Å²) in [5, 5.41) is 10.9. The molecule has 1 aliphatic carbocycles. The largest absolute Gasteiger partial charge is 0.506 e. The topological polar surface area (TPSA) is 76.7 Å². The van der Waals surface area contributed by atoms with E-state index < -0.39 is 0 Å². The Kier molecular flexibility index (Phi) is 6.44. The zero-order valence-electron chi connectivity index (χ0n) is 19.2. The Morgan fingerprint density at radius 3 is 2.50 bits per heavy atom. The maximum atomic E-state index is 12.9. The van der Waals surface area contributed by atoms with Gasteiger partial charge in [-0.15, -0.1) is 0 Å². The lowest BCUT2D eigenvalue weighted by Gasteiger charge is -2.16. The molecule has 3 aromatic rings. The summed E-state index contributed by atoms with van der Waals surface area (Å²) in [5.74, 6) is 0.976. The summed E-state index contributed by atoms with van der Waals surface area (Å²) in [6.45, 7) is 0. The summed E-state index contributed by atoms with van der Waals surface area (Å²) >= 11 is 12.4. The molecular formula is C29H20Cl2O5. The van der Waals surface area contributed by atoms with Crippen LogP contribution in [0.5, 0.6) is 11.5 Å². The predicted molar refractivity (Wildman–Crippen MR) is 142 cm³/mol. The van der Waals surface area contributed by atoms with Crippen LogP contribution in [0, 0.1) is 0 Å². The SMILES string of the molecule is COc1cccc(CCC(=O)c2ccc(-c3c4cc(Cl)c(=O)cc-4oc4cc(O)c(Cl)cc34)cc2)c1. The maximum absolute atomic E-state index is 12.9. The van der Waals surface area contributed by atoms with Crippen molar-refractivity contribution in [2.24, 2.45) is 0 Å². The summed E-state index contributed by atoms with van der Waals surface area (Å²) in [4.78, 5) is 25.0. The van der Waals surface area contributed by atoms with Crippen LogP contribution < -0.4 is 10.2 Å². The molecule has 0 amide bonds. The summed E-state index contributed by atoms with van der Waals surface area (Å²) in [6, 6.07) is 20.8. The van der Waals surface area contributed by atoms with E-state index in [0.717, 1.165) is 22.4 Å². The summed E-state index contributed by atoms with van der Waals surface area (Å²) in [5.41, 5.74) is 3.73. The zero-order valence-corrected chi connectivity index (χ0v) is 20.7. The van der Waals surface area contributed by atoms with Crippen molar-refractivity contribution in [2.45, 2.75) is 12.8 Å². The van der Waals surface area contributed by atoms with Crippen molar-refractivity contribution in [1.29, 1.82) is 0 Å². The number of hydrogen-bond donors (Lipinski definition) is 1. The molecule has 0 saturated carbocycles. The van der Waals surface area contributed by atoms with Crippen molar-refractivity contribution < 1.29 is 19.1 Å². The molecule has 1 N–H and O–H groups in total. The van der Waals surface area contributed by atoms with Crippen LogP contribution in [0.1, 0.15) is 22.3 Å². The molecule has 0 unspecified atom stereocenters. The molecule has 0 spiro atoms. The van der Waals surface area contributed by atoms with Gasteiger partial charge in [0.05, 0.1) is 17.2 Å². The van der Waals surface area contributed by atoms with Gasteiger partial charge in [0.15, 0.2) is 5.78 Å². The number of methoxy groups -OCH3 is 1. The lowest BCUT2D eigenvalue weighted by Crippen LogP contribution is -2.03. The fourth-order valence-corrected chi connectivity index (χ4v) is 4.59. The number of ether oxygens (including phenoxy) is 1. The number of rotatable bonds is 6. The molecule has 7 heteroatoms. The summed E-state index contributed by atoms with van der Waals surface area (Å²) < 4.78 is 11.1. The molecule has 0 radical (unpaired) electrons. The normalized spacial score (nSPS) is 11.2. The van der Waals surface area contributed by atoms with Crippen LogP contribution in [0.2, 0.25) is 10.0 Å². The van der Waals surface area contributed by atoms with Gasteiger partial charge in [-0.05, 0) is 41.8 Å². The molecule has 180 valence electrons.